The number of rotatable bonds is 6. The Labute approximate surface area is 161 Å². The molecular formula is C20H33N3O4. The Morgan fingerprint density at radius 3 is 1.93 bits per heavy atom. The molecule has 4 bridgehead atoms. The lowest BCUT2D eigenvalue weighted by molar-refractivity contribution is -0.146. The van der Waals surface area contributed by atoms with Gasteiger partial charge in [0.1, 0.15) is 5.60 Å². The van der Waals surface area contributed by atoms with Crippen molar-refractivity contribution in [2.45, 2.75) is 64.9 Å². The minimum atomic E-state index is -0.618. The Morgan fingerprint density at radius 2 is 1.41 bits per heavy atom. The molecule has 7 heteroatoms. The Balaban J connectivity index is 1.33. The van der Waals surface area contributed by atoms with Gasteiger partial charge in [-0.25, -0.2) is 4.79 Å². The van der Waals surface area contributed by atoms with E-state index in [4.69, 9.17) is 4.74 Å². The molecular weight excluding hydrogens is 346 g/mol. The van der Waals surface area contributed by atoms with Gasteiger partial charge in [-0.15, -0.1) is 0 Å². The molecule has 0 aromatic rings. The van der Waals surface area contributed by atoms with E-state index in [0.717, 1.165) is 37.0 Å². The number of amides is 3. The van der Waals surface area contributed by atoms with Crippen molar-refractivity contribution >= 4 is 17.9 Å². The average Bonchev–Trinajstić information content (AvgIpc) is 2.54. The fourth-order valence-corrected chi connectivity index (χ4v) is 5.48. The van der Waals surface area contributed by atoms with Crippen LogP contribution in [0.2, 0.25) is 0 Å². The van der Waals surface area contributed by atoms with E-state index >= 15 is 0 Å². The standard InChI is InChI=1S/C20H33N3O4/c1-19(2,3)27-18(26)23-12-16(24)21-4-5-22-17(25)20-9-13-6-14(10-20)8-15(7-13)11-20/h13-15H,4-12H2,1-3H3,(H,21,24)(H,22,25)(H,23,26). The molecule has 0 spiro atoms. The molecule has 4 saturated carbocycles. The van der Waals surface area contributed by atoms with Crippen molar-refractivity contribution in [3.05, 3.63) is 0 Å². The summed E-state index contributed by atoms with van der Waals surface area (Å²) in [5, 5.41) is 8.15. The molecule has 7 nitrogen and oxygen atoms in total. The maximum Gasteiger partial charge on any atom is 0.408 e. The van der Waals surface area contributed by atoms with Crippen LogP contribution in [0.3, 0.4) is 0 Å². The summed E-state index contributed by atoms with van der Waals surface area (Å²) in [5.74, 6) is 2.08. The average molecular weight is 380 g/mol. The first-order chi connectivity index (χ1) is 12.7. The molecule has 4 aliphatic carbocycles. The third kappa shape index (κ3) is 5.14. The molecule has 4 fully saturated rings. The molecule has 27 heavy (non-hydrogen) atoms. The molecule has 3 N–H and O–H groups in total. The van der Waals surface area contributed by atoms with Gasteiger partial charge in [-0.3, -0.25) is 9.59 Å². The predicted octanol–water partition coefficient (Wildman–Crippen LogP) is 1.96. The lowest BCUT2D eigenvalue weighted by Gasteiger charge is -2.55. The van der Waals surface area contributed by atoms with E-state index in [1.165, 1.54) is 19.3 Å². The number of carbonyl (C=O) groups is 3. The van der Waals surface area contributed by atoms with Crippen LogP contribution in [0.5, 0.6) is 0 Å². The van der Waals surface area contributed by atoms with Gasteiger partial charge in [-0.1, -0.05) is 0 Å². The second-order valence-corrected chi connectivity index (χ2v) is 9.66. The van der Waals surface area contributed by atoms with E-state index in [-0.39, 0.29) is 23.8 Å². The van der Waals surface area contributed by atoms with Gasteiger partial charge in [0.25, 0.3) is 0 Å². The SMILES string of the molecule is CC(C)(C)OC(=O)NCC(=O)NCCNC(=O)C12CC3CC(CC(C3)C1)C2. The number of nitrogens with one attached hydrogen (secondary N) is 3. The van der Waals surface area contributed by atoms with Crippen LogP contribution < -0.4 is 16.0 Å². The summed E-state index contributed by atoms with van der Waals surface area (Å²) in [7, 11) is 0. The number of alkyl carbamates (subject to hydrolysis) is 1. The topological polar surface area (TPSA) is 96.5 Å². The van der Waals surface area contributed by atoms with Crippen molar-refractivity contribution in [2.75, 3.05) is 19.6 Å². The summed E-state index contributed by atoms with van der Waals surface area (Å²) in [4.78, 5) is 36.1. The highest BCUT2D eigenvalue weighted by Gasteiger charge is 2.54. The van der Waals surface area contributed by atoms with Gasteiger partial charge in [0, 0.05) is 18.5 Å². The fourth-order valence-electron chi connectivity index (χ4n) is 5.48. The van der Waals surface area contributed by atoms with Crippen LogP contribution in [0.15, 0.2) is 0 Å². The lowest BCUT2D eigenvalue weighted by Crippen LogP contribution is -2.54. The van der Waals surface area contributed by atoms with E-state index in [1.807, 2.05) is 0 Å². The van der Waals surface area contributed by atoms with Crippen molar-refractivity contribution in [1.29, 1.82) is 0 Å². The molecule has 0 aromatic carbocycles. The zero-order valence-electron chi connectivity index (χ0n) is 16.7. The predicted molar refractivity (Wildman–Crippen MR) is 101 cm³/mol. The van der Waals surface area contributed by atoms with E-state index in [9.17, 15) is 14.4 Å². The summed E-state index contributed by atoms with van der Waals surface area (Å²) in [6.45, 7) is 5.92. The molecule has 0 aromatic heterocycles. The molecule has 0 radical (unpaired) electrons. The van der Waals surface area contributed by atoms with Gasteiger partial charge in [0.15, 0.2) is 0 Å². The minimum Gasteiger partial charge on any atom is -0.444 e. The smallest absolute Gasteiger partial charge is 0.408 e. The second-order valence-electron chi connectivity index (χ2n) is 9.66. The van der Waals surface area contributed by atoms with Crippen molar-refractivity contribution in [3.63, 3.8) is 0 Å². The van der Waals surface area contributed by atoms with Gasteiger partial charge >= 0.3 is 6.09 Å². The summed E-state index contributed by atoms with van der Waals surface area (Å²) in [5.41, 5.74) is -0.751. The number of ether oxygens (including phenoxy) is 1. The number of carbonyl (C=O) groups excluding carboxylic acids is 3. The van der Waals surface area contributed by atoms with Crippen molar-refractivity contribution in [3.8, 4) is 0 Å². The zero-order chi connectivity index (χ0) is 19.7. The van der Waals surface area contributed by atoms with Crippen LogP contribution in [-0.4, -0.2) is 43.1 Å². The lowest BCUT2D eigenvalue weighted by atomic mass is 9.49. The first kappa shape index (κ1) is 20.0. The Hall–Kier alpha value is -1.79. The van der Waals surface area contributed by atoms with E-state index in [2.05, 4.69) is 16.0 Å². The van der Waals surface area contributed by atoms with Gasteiger partial charge < -0.3 is 20.7 Å². The Bertz CT molecular complexity index is 561. The minimum absolute atomic E-state index is 0.141. The summed E-state index contributed by atoms with van der Waals surface area (Å²) >= 11 is 0. The molecule has 0 atom stereocenters. The quantitative estimate of drug-likeness (QED) is 0.615. The Morgan fingerprint density at radius 1 is 0.889 bits per heavy atom. The maximum atomic E-state index is 12.8. The highest BCUT2D eigenvalue weighted by Crippen LogP contribution is 2.60. The van der Waals surface area contributed by atoms with E-state index < -0.39 is 11.7 Å². The van der Waals surface area contributed by atoms with Crippen LogP contribution in [-0.2, 0) is 14.3 Å². The maximum absolute atomic E-state index is 12.8. The molecule has 0 unspecified atom stereocenters. The summed E-state index contributed by atoms with van der Waals surface area (Å²) in [6, 6.07) is 0. The van der Waals surface area contributed by atoms with Crippen LogP contribution in [0, 0.1) is 23.2 Å². The molecule has 3 amide bonds. The van der Waals surface area contributed by atoms with Crippen molar-refractivity contribution in [1.82, 2.24) is 16.0 Å². The second kappa shape index (κ2) is 7.68. The van der Waals surface area contributed by atoms with E-state index in [1.54, 1.807) is 20.8 Å². The number of hydrogen-bond donors (Lipinski definition) is 3. The highest BCUT2D eigenvalue weighted by atomic mass is 16.6. The summed E-state index contributed by atoms with van der Waals surface area (Å²) < 4.78 is 5.08. The van der Waals surface area contributed by atoms with Crippen LogP contribution >= 0.6 is 0 Å². The van der Waals surface area contributed by atoms with Crippen LogP contribution in [0.1, 0.15) is 59.3 Å². The normalized spacial score (nSPS) is 31.3. The first-order valence-corrected chi connectivity index (χ1v) is 10.2. The monoisotopic (exact) mass is 379 g/mol. The fraction of sp³-hybridized carbons (Fsp3) is 0.850. The first-order valence-electron chi connectivity index (χ1n) is 10.2. The zero-order valence-corrected chi connectivity index (χ0v) is 16.7. The van der Waals surface area contributed by atoms with Crippen molar-refractivity contribution < 1.29 is 19.1 Å². The largest absolute Gasteiger partial charge is 0.444 e. The Kier molecular flexibility index (Phi) is 5.68. The third-order valence-corrected chi connectivity index (χ3v) is 6.04. The third-order valence-electron chi connectivity index (χ3n) is 6.04. The van der Waals surface area contributed by atoms with Gasteiger partial charge in [0.2, 0.25) is 11.8 Å². The van der Waals surface area contributed by atoms with Crippen molar-refractivity contribution in [2.24, 2.45) is 23.2 Å². The van der Waals surface area contributed by atoms with Crippen LogP contribution in [0.25, 0.3) is 0 Å². The van der Waals surface area contributed by atoms with Gasteiger partial charge in [0.05, 0.1) is 6.54 Å². The van der Waals surface area contributed by atoms with Crippen LogP contribution in [0.4, 0.5) is 4.79 Å². The molecule has 4 rings (SSSR count). The number of hydrogen-bond acceptors (Lipinski definition) is 4. The molecule has 0 heterocycles. The summed E-state index contributed by atoms with van der Waals surface area (Å²) in [6.07, 6.45) is 6.44. The van der Waals surface area contributed by atoms with Gasteiger partial charge in [-0.05, 0) is 77.0 Å². The van der Waals surface area contributed by atoms with Gasteiger partial charge in [-0.2, -0.15) is 0 Å². The highest BCUT2D eigenvalue weighted by molar-refractivity contribution is 5.84. The molecule has 4 aliphatic rings. The molecule has 152 valence electrons. The van der Waals surface area contributed by atoms with E-state index in [0.29, 0.717) is 13.1 Å². The molecule has 0 saturated heterocycles. The molecule has 0 aliphatic heterocycles.